The Balaban J connectivity index is 1.60. The number of para-hydroxylation sites is 2. The van der Waals surface area contributed by atoms with Gasteiger partial charge in [0.15, 0.2) is 0 Å². The molecule has 5 nitrogen and oxygen atoms in total. The normalized spacial score (nSPS) is 12.7. The van der Waals surface area contributed by atoms with Crippen molar-refractivity contribution in [1.82, 2.24) is 0 Å². The minimum Gasteiger partial charge on any atom is -0.495 e. The van der Waals surface area contributed by atoms with Crippen molar-refractivity contribution in [1.29, 1.82) is 0 Å². The average Bonchev–Trinajstić information content (AvgIpc) is 3.12. The number of rotatable bonds is 6. The highest BCUT2D eigenvalue weighted by Crippen LogP contribution is 2.39. The fourth-order valence-corrected chi connectivity index (χ4v) is 5.08. The molecule has 0 bridgehead atoms. The molecule has 154 valence electrons. The molecular weight excluding hydrogens is 396 g/mol. The van der Waals surface area contributed by atoms with E-state index in [2.05, 4.69) is 10.6 Å². The van der Waals surface area contributed by atoms with Gasteiger partial charge in [0.1, 0.15) is 10.8 Å². The summed E-state index contributed by atoms with van der Waals surface area (Å²) in [6.07, 6.45) is 4.24. The Labute approximate surface area is 180 Å². The van der Waals surface area contributed by atoms with E-state index in [4.69, 9.17) is 4.74 Å². The first-order valence-electron chi connectivity index (χ1n) is 10.1. The van der Waals surface area contributed by atoms with Crippen molar-refractivity contribution < 1.29 is 14.3 Å². The highest BCUT2D eigenvalue weighted by Gasteiger charge is 2.27. The van der Waals surface area contributed by atoms with E-state index in [1.54, 1.807) is 13.2 Å². The largest absolute Gasteiger partial charge is 0.495 e. The fraction of sp³-hybridized carbons (Fsp3) is 0.250. The monoisotopic (exact) mass is 420 g/mol. The molecule has 4 rings (SSSR count). The molecule has 1 heterocycles. The number of anilines is 2. The summed E-state index contributed by atoms with van der Waals surface area (Å²) in [7, 11) is 1.58. The Hall–Kier alpha value is -3.12. The van der Waals surface area contributed by atoms with Crippen molar-refractivity contribution in [3.63, 3.8) is 0 Å². The van der Waals surface area contributed by atoms with E-state index in [9.17, 15) is 9.59 Å². The van der Waals surface area contributed by atoms with Crippen molar-refractivity contribution in [3.05, 3.63) is 76.2 Å². The lowest BCUT2D eigenvalue weighted by molar-refractivity contribution is -0.115. The van der Waals surface area contributed by atoms with E-state index in [1.165, 1.54) is 16.2 Å². The third kappa shape index (κ3) is 4.39. The third-order valence-electron chi connectivity index (χ3n) is 5.21. The number of nitrogens with one attached hydrogen (secondary N) is 2. The van der Waals surface area contributed by atoms with Crippen LogP contribution in [0.3, 0.4) is 0 Å². The van der Waals surface area contributed by atoms with Crippen LogP contribution in [0, 0.1) is 0 Å². The first-order valence-corrected chi connectivity index (χ1v) is 10.9. The first kappa shape index (κ1) is 20.2. The zero-order valence-corrected chi connectivity index (χ0v) is 17.7. The lowest BCUT2D eigenvalue weighted by Gasteiger charge is -2.14. The second-order valence-electron chi connectivity index (χ2n) is 7.28. The van der Waals surface area contributed by atoms with Gasteiger partial charge in [-0.3, -0.25) is 9.59 Å². The molecule has 0 unspecified atom stereocenters. The van der Waals surface area contributed by atoms with Gasteiger partial charge in [0.25, 0.3) is 5.91 Å². The standard InChI is InChI=1S/C24H24N2O3S/c1-29-19-13-7-6-12-18(19)25-23(28)22-17-11-5-8-14-20(17)30-24(22)26-21(27)15-16-9-3-2-4-10-16/h2-4,6-7,9-10,12-13H,5,8,11,14-15H2,1H3,(H,25,28)(H,26,27). The van der Waals surface area contributed by atoms with Crippen LogP contribution < -0.4 is 15.4 Å². The molecule has 1 aromatic heterocycles. The van der Waals surface area contributed by atoms with Crippen molar-refractivity contribution in [2.24, 2.45) is 0 Å². The number of thiophene rings is 1. The summed E-state index contributed by atoms with van der Waals surface area (Å²) < 4.78 is 5.36. The maximum absolute atomic E-state index is 13.3. The number of fused-ring (bicyclic) bond motifs is 1. The minimum atomic E-state index is -0.214. The topological polar surface area (TPSA) is 67.4 Å². The van der Waals surface area contributed by atoms with Crippen LogP contribution in [0.5, 0.6) is 5.75 Å². The number of aryl methyl sites for hydroxylation is 1. The number of carbonyl (C=O) groups is 2. The molecule has 0 fully saturated rings. The Morgan fingerprint density at radius 2 is 1.70 bits per heavy atom. The molecule has 0 saturated carbocycles. The van der Waals surface area contributed by atoms with E-state index in [1.807, 2.05) is 48.5 Å². The van der Waals surface area contributed by atoms with E-state index in [0.29, 0.717) is 22.0 Å². The maximum Gasteiger partial charge on any atom is 0.259 e. The van der Waals surface area contributed by atoms with Crippen molar-refractivity contribution in [2.45, 2.75) is 32.1 Å². The number of ether oxygens (including phenoxy) is 1. The molecule has 0 aliphatic heterocycles. The maximum atomic E-state index is 13.3. The summed E-state index contributed by atoms with van der Waals surface area (Å²) >= 11 is 1.53. The number of benzene rings is 2. The SMILES string of the molecule is COc1ccccc1NC(=O)c1c(NC(=O)Cc2ccccc2)sc2c1CCCC2. The van der Waals surface area contributed by atoms with Gasteiger partial charge in [0.2, 0.25) is 5.91 Å². The Morgan fingerprint density at radius 1 is 0.967 bits per heavy atom. The Morgan fingerprint density at radius 3 is 2.50 bits per heavy atom. The van der Waals surface area contributed by atoms with Crippen LogP contribution in [-0.2, 0) is 24.1 Å². The zero-order chi connectivity index (χ0) is 20.9. The number of carbonyl (C=O) groups excluding carboxylic acids is 2. The summed E-state index contributed by atoms with van der Waals surface area (Å²) in [5.74, 6) is 0.268. The summed E-state index contributed by atoms with van der Waals surface area (Å²) in [4.78, 5) is 27.1. The Kier molecular flexibility index (Phi) is 6.14. The highest BCUT2D eigenvalue weighted by atomic mass is 32.1. The molecule has 6 heteroatoms. The summed E-state index contributed by atoms with van der Waals surface area (Å²) in [5.41, 5.74) is 3.20. The second-order valence-corrected chi connectivity index (χ2v) is 8.39. The van der Waals surface area contributed by atoms with Crippen LogP contribution in [0.15, 0.2) is 54.6 Å². The first-order chi connectivity index (χ1) is 14.7. The van der Waals surface area contributed by atoms with E-state index in [0.717, 1.165) is 36.8 Å². The van der Waals surface area contributed by atoms with Gasteiger partial charge in [-0.2, -0.15) is 0 Å². The van der Waals surface area contributed by atoms with Gasteiger partial charge < -0.3 is 15.4 Å². The van der Waals surface area contributed by atoms with Crippen LogP contribution in [0.1, 0.15) is 39.2 Å². The fourth-order valence-electron chi connectivity index (χ4n) is 3.78. The third-order valence-corrected chi connectivity index (χ3v) is 6.42. The minimum absolute atomic E-state index is 0.119. The average molecular weight is 421 g/mol. The van der Waals surface area contributed by atoms with E-state index in [-0.39, 0.29) is 18.2 Å². The van der Waals surface area contributed by atoms with Gasteiger partial charge in [-0.1, -0.05) is 42.5 Å². The molecule has 0 atom stereocenters. The molecule has 1 aliphatic carbocycles. The summed E-state index contributed by atoms with van der Waals surface area (Å²) in [6.45, 7) is 0. The zero-order valence-electron chi connectivity index (χ0n) is 16.9. The number of methoxy groups -OCH3 is 1. The summed E-state index contributed by atoms with van der Waals surface area (Å²) in [6, 6.07) is 16.9. The van der Waals surface area contributed by atoms with Crippen molar-refractivity contribution in [2.75, 3.05) is 17.7 Å². The predicted molar refractivity (Wildman–Crippen MR) is 121 cm³/mol. The molecule has 0 saturated heterocycles. The number of hydrogen-bond acceptors (Lipinski definition) is 4. The summed E-state index contributed by atoms with van der Waals surface area (Å²) in [5, 5.41) is 6.60. The van der Waals surface area contributed by atoms with Crippen LogP contribution in [0.4, 0.5) is 10.7 Å². The van der Waals surface area contributed by atoms with Gasteiger partial charge in [0, 0.05) is 4.88 Å². The molecule has 3 aromatic rings. The predicted octanol–water partition coefficient (Wildman–Crippen LogP) is 5.07. The van der Waals surface area contributed by atoms with Crippen LogP contribution >= 0.6 is 11.3 Å². The Bertz CT molecular complexity index is 1060. The van der Waals surface area contributed by atoms with Crippen molar-refractivity contribution >= 4 is 33.8 Å². The quantitative estimate of drug-likeness (QED) is 0.585. The van der Waals surface area contributed by atoms with Gasteiger partial charge in [0.05, 0.1) is 24.8 Å². The molecule has 30 heavy (non-hydrogen) atoms. The van der Waals surface area contributed by atoms with Crippen LogP contribution in [0.25, 0.3) is 0 Å². The van der Waals surface area contributed by atoms with Crippen molar-refractivity contribution in [3.8, 4) is 5.75 Å². The van der Waals surface area contributed by atoms with Crippen LogP contribution in [0.2, 0.25) is 0 Å². The molecule has 2 amide bonds. The molecule has 2 aromatic carbocycles. The van der Waals surface area contributed by atoms with E-state index >= 15 is 0 Å². The van der Waals surface area contributed by atoms with Gasteiger partial charge in [-0.05, 0) is 48.9 Å². The number of hydrogen-bond donors (Lipinski definition) is 2. The second kappa shape index (κ2) is 9.13. The van der Waals surface area contributed by atoms with E-state index < -0.39 is 0 Å². The highest BCUT2D eigenvalue weighted by molar-refractivity contribution is 7.17. The lowest BCUT2D eigenvalue weighted by Crippen LogP contribution is -2.19. The smallest absolute Gasteiger partial charge is 0.259 e. The number of amides is 2. The molecular formula is C24H24N2O3S. The lowest BCUT2D eigenvalue weighted by atomic mass is 9.95. The van der Waals surface area contributed by atoms with Gasteiger partial charge >= 0.3 is 0 Å². The molecule has 0 radical (unpaired) electrons. The van der Waals surface area contributed by atoms with Crippen LogP contribution in [-0.4, -0.2) is 18.9 Å². The molecule has 2 N–H and O–H groups in total. The van der Waals surface area contributed by atoms with Gasteiger partial charge in [-0.25, -0.2) is 0 Å². The molecule has 0 spiro atoms. The van der Waals surface area contributed by atoms with Gasteiger partial charge in [-0.15, -0.1) is 11.3 Å². The molecule has 1 aliphatic rings.